The van der Waals surface area contributed by atoms with Crippen LogP contribution in [0.1, 0.15) is 10.4 Å². The predicted molar refractivity (Wildman–Crippen MR) is 90.7 cm³/mol. The second-order valence-corrected chi connectivity index (χ2v) is 5.45. The fraction of sp³-hybridized carbons (Fsp3) is 0.375. The number of carbonyl (C=O) groups excluding carboxylic acids is 1. The lowest BCUT2D eigenvalue weighted by molar-refractivity contribution is 0.0954. The van der Waals surface area contributed by atoms with Gasteiger partial charge >= 0.3 is 0 Å². The minimum absolute atomic E-state index is 0.165. The van der Waals surface area contributed by atoms with Crippen molar-refractivity contribution in [3.05, 3.63) is 41.0 Å². The van der Waals surface area contributed by atoms with Crippen LogP contribution in [0.5, 0.6) is 0 Å². The highest BCUT2D eigenvalue weighted by molar-refractivity contribution is 6.33. The van der Waals surface area contributed by atoms with Crippen molar-refractivity contribution in [1.29, 1.82) is 0 Å². The standard InChI is InChI=1S/C16H21ClN4O2/c1-21-11-13(16(22)19-8-7-18-9-10-23-2)15(20-21)12-5-3-4-6-14(12)17/h3-6,11,18H,7-10H2,1-2H3,(H,19,22). The van der Waals surface area contributed by atoms with Gasteiger partial charge in [0.25, 0.3) is 5.91 Å². The smallest absolute Gasteiger partial charge is 0.255 e. The summed E-state index contributed by atoms with van der Waals surface area (Å²) in [5.41, 5.74) is 1.85. The largest absolute Gasteiger partial charge is 0.383 e. The lowest BCUT2D eigenvalue weighted by atomic mass is 10.1. The van der Waals surface area contributed by atoms with Gasteiger partial charge in [0.1, 0.15) is 5.69 Å². The summed E-state index contributed by atoms with van der Waals surface area (Å²) in [5, 5.41) is 11.0. The molecule has 0 fully saturated rings. The maximum absolute atomic E-state index is 12.4. The number of nitrogens with one attached hydrogen (secondary N) is 2. The van der Waals surface area contributed by atoms with Gasteiger partial charge < -0.3 is 15.4 Å². The van der Waals surface area contributed by atoms with Crippen molar-refractivity contribution >= 4 is 17.5 Å². The van der Waals surface area contributed by atoms with Crippen molar-refractivity contribution in [1.82, 2.24) is 20.4 Å². The Kier molecular flexibility index (Phi) is 6.58. The second-order valence-electron chi connectivity index (χ2n) is 5.04. The van der Waals surface area contributed by atoms with Crippen LogP contribution in [0, 0.1) is 0 Å². The van der Waals surface area contributed by atoms with E-state index >= 15 is 0 Å². The van der Waals surface area contributed by atoms with Gasteiger partial charge in [0.15, 0.2) is 0 Å². The average Bonchev–Trinajstić information content (AvgIpc) is 2.93. The molecule has 1 heterocycles. The fourth-order valence-electron chi connectivity index (χ4n) is 2.17. The maximum atomic E-state index is 12.4. The molecule has 0 saturated heterocycles. The molecule has 0 spiro atoms. The zero-order valence-corrected chi connectivity index (χ0v) is 14.1. The number of nitrogens with zero attached hydrogens (tertiary/aromatic N) is 2. The van der Waals surface area contributed by atoms with Gasteiger partial charge in [0.2, 0.25) is 0 Å². The summed E-state index contributed by atoms with van der Waals surface area (Å²) in [6.07, 6.45) is 1.70. The first-order chi connectivity index (χ1) is 11.1. The number of hydrogen-bond acceptors (Lipinski definition) is 4. The highest BCUT2D eigenvalue weighted by atomic mass is 35.5. The molecule has 2 N–H and O–H groups in total. The lowest BCUT2D eigenvalue weighted by Gasteiger charge is -2.07. The molecule has 23 heavy (non-hydrogen) atoms. The van der Waals surface area contributed by atoms with E-state index in [4.69, 9.17) is 16.3 Å². The van der Waals surface area contributed by atoms with E-state index in [0.29, 0.717) is 36.0 Å². The molecule has 2 aromatic rings. The number of amides is 1. The first-order valence-corrected chi connectivity index (χ1v) is 7.77. The van der Waals surface area contributed by atoms with E-state index in [1.807, 2.05) is 18.2 Å². The van der Waals surface area contributed by atoms with Crippen molar-refractivity contribution in [2.75, 3.05) is 33.4 Å². The van der Waals surface area contributed by atoms with Gasteiger partial charge in [-0.05, 0) is 6.07 Å². The number of aryl methyl sites for hydroxylation is 1. The van der Waals surface area contributed by atoms with Crippen LogP contribution in [0.15, 0.2) is 30.5 Å². The Morgan fingerprint density at radius 2 is 2.09 bits per heavy atom. The number of hydrogen-bond donors (Lipinski definition) is 2. The molecular weight excluding hydrogens is 316 g/mol. The summed E-state index contributed by atoms with van der Waals surface area (Å²) < 4.78 is 6.56. The third-order valence-electron chi connectivity index (χ3n) is 3.27. The van der Waals surface area contributed by atoms with Crippen molar-refractivity contribution < 1.29 is 9.53 Å². The normalized spacial score (nSPS) is 10.7. The van der Waals surface area contributed by atoms with Crippen LogP contribution >= 0.6 is 11.6 Å². The Labute approximate surface area is 140 Å². The molecule has 0 aliphatic carbocycles. The number of carbonyl (C=O) groups is 1. The Hall–Kier alpha value is -1.89. The summed E-state index contributed by atoms with van der Waals surface area (Å²) in [6, 6.07) is 7.36. The number of methoxy groups -OCH3 is 1. The molecule has 0 unspecified atom stereocenters. The summed E-state index contributed by atoms with van der Waals surface area (Å²) in [5.74, 6) is -0.165. The molecule has 1 amide bonds. The highest BCUT2D eigenvalue weighted by Gasteiger charge is 2.18. The van der Waals surface area contributed by atoms with Crippen molar-refractivity contribution in [3.63, 3.8) is 0 Å². The maximum Gasteiger partial charge on any atom is 0.255 e. The van der Waals surface area contributed by atoms with Crippen LogP contribution in [0.25, 0.3) is 11.3 Å². The summed E-state index contributed by atoms with van der Waals surface area (Å²) in [6.45, 7) is 2.60. The molecule has 2 rings (SSSR count). The molecule has 6 nitrogen and oxygen atoms in total. The Morgan fingerprint density at radius 1 is 1.30 bits per heavy atom. The average molecular weight is 337 g/mol. The van der Waals surface area contributed by atoms with Crippen molar-refractivity contribution in [2.45, 2.75) is 0 Å². The molecule has 0 aliphatic heterocycles. The zero-order valence-electron chi connectivity index (χ0n) is 13.3. The molecule has 1 aromatic heterocycles. The number of rotatable bonds is 8. The van der Waals surface area contributed by atoms with Gasteiger partial charge in [-0.1, -0.05) is 29.8 Å². The van der Waals surface area contributed by atoms with Crippen LogP contribution in [0.2, 0.25) is 5.02 Å². The quantitative estimate of drug-likeness (QED) is 0.720. The lowest BCUT2D eigenvalue weighted by Crippen LogP contribution is -2.33. The van der Waals surface area contributed by atoms with Crippen LogP contribution in [0.3, 0.4) is 0 Å². The van der Waals surface area contributed by atoms with E-state index in [-0.39, 0.29) is 5.91 Å². The number of halogens is 1. The minimum Gasteiger partial charge on any atom is -0.383 e. The molecule has 0 saturated carbocycles. The van der Waals surface area contributed by atoms with Gasteiger partial charge in [-0.3, -0.25) is 9.48 Å². The summed E-state index contributed by atoms with van der Waals surface area (Å²) in [4.78, 5) is 12.4. The monoisotopic (exact) mass is 336 g/mol. The Bertz CT molecular complexity index is 657. The van der Waals surface area contributed by atoms with E-state index in [0.717, 1.165) is 12.1 Å². The first-order valence-electron chi connectivity index (χ1n) is 7.40. The van der Waals surface area contributed by atoms with Gasteiger partial charge in [0, 0.05) is 45.6 Å². The van der Waals surface area contributed by atoms with Gasteiger partial charge in [0.05, 0.1) is 17.2 Å². The second kappa shape index (κ2) is 8.67. The predicted octanol–water partition coefficient (Wildman–Crippen LogP) is 1.71. The molecular formula is C16H21ClN4O2. The first kappa shape index (κ1) is 17.5. The molecule has 0 atom stereocenters. The minimum atomic E-state index is -0.165. The van der Waals surface area contributed by atoms with Crippen molar-refractivity contribution in [2.24, 2.45) is 7.05 Å². The SMILES string of the molecule is COCCNCCNC(=O)c1cn(C)nc1-c1ccccc1Cl. The number of aromatic nitrogens is 2. The van der Waals surface area contributed by atoms with Gasteiger partial charge in [-0.2, -0.15) is 5.10 Å². The zero-order chi connectivity index (χ0) is 16.7. The Balaban J connectivity index is 2.03. The van der Waals surface area contributed by atoms with E-state index in [9.17, 15) is 4.79 Å². The number of ether oxygens (including phenoxy) is 1. The van der Waals surface area contributed by atoms with Crippen LogP contribution < -0.4 is 10.6 Å². The van der Waals surface area contributed by atoms with E-state index in [2.05, 4.69) is 15.7 Å². The highest BCUT2D eigenvalue weighted by Crippen LogP contribution is 2.28. The van der Waals surface area contributed by atoms with Gasteiger partial charge in [-0.15, -0.1) is 0 Å². The summed E-state index contributed by atoms with van der Waals surface area (Å²) >= 11 is 6.22. The molecule has 7 heteroatoms. The van der Waals surface area contributed by atoms with Gasteiger partial charge in [-0.25, -0.2) is 0 Å². The van der Waals surface area contributed by atoms with Crippen LogP contribution in [-0.4, -0.2) is 49.0 Å². The fourth-order valence-corrected chi connectivity index (χ4v) is 2.39. The molecule has 0 bridgehead atoms. The molecule has 0 radical (unpaired) electrons. The van der Waals surface area contributed by atoms with Crippen LogP contribution in [-0.2, 0) is 11.8 Å². The van der Waals surface area contributed by atoms with Crippen LogP contribution in [0.4, 0.5) is 0 Å². The third kappa shape index (κ3) is 4.79. The van der Waals surface area contributed by atoms with E-state index < -0.39 is 0 Å². The molecule has 124 valence electrons. The number of benzene rings is 1. The molecule has 0 aliphatic rings. The van der Waals surface area contributed by atoms with Crippen molar-refractivity contribution in [3.8, 4) is 11.3 Å². The molecule has 1 aromatic carbocycles. The van der Waals surface area contributed by atoms with E-state index in [1.165, 1.54) is 0 Å². The van der Waals surface area contributed by atoms with E-state index in [1.54, 1.807) is 31.1 Å². The summed E-state index contributed by atoms with van der Waals surface area (Å²) in [7, 11) is 3.44. The topological polar surface area (TPSA) is 68.2 Å². The Morgan fingerprint density at radius 3 is 2.83 bits per heavy atom. The third-order valence-corrected chi connectivity index (χ3v) is 3.60.